The van der Waals surface area contributed by atoms with Crippen LogP contribution in [0.5, 0.6) is 0 Å². The van der Waals surface area contributed by atoms with Gasteiger partial charge in [-0.3, -0.25) is 9.89 Å². The van der Waals surface area contributed by atoms with Gasteiger partial charge in [0, 0.05) is 37.4 Å². The van der Waals surface area contributed by atoms with Gasteiger partial charge in [0.05, 0.1) is 18.4 Å². The summed E-state index contributed by atoms with van der Waals surface area (Å²) in [6.07, 6.45) is 5.03. The largest absolute Gasteiger partial charge is 0.444 e. The topological polar surface area (TPSA) is 65.4 Å². The van der Waals surface area contributed by atoms with Gasteiger partial charge in [-0.15, -0.1) is 0 Å². The number of aliphatic hydroxyl groups is 1. The molecule has 1 aromatic carbocycles. The maximum atomic E-state index is 12.5. The van der Waals surface area contributed by atoms with E-state index in [1.807, 2.05) is 52.0 Å². The second-order valence-corrected chi connectivity index (χ2v) is 9.08. The Labute approximate surface area is 196 Å². The Hall–Kier alpha value is -2.41. The van der Waals surface area contributed by atoms with Crippen LogP contribution in [0.3, 0.4) is 0 Å². The van der Waals surface area contributed by atoms with Crippen LogP contribution in [0.25, 0.3) is 5.57 Å². The molecule has 1 atom stereocenters. The molecule has 0 radical (unpaired) electrons. The number of aliphatic imine (C=N–C) groups is 1. The van der Waals surface area contributed by atoms with E-state index in [1.54, 1.807) is 17.2 Å². The van der Waals surface area contributed by atoms with E-state index < -0.39 is 5.60 Å². The van der Waals surface area contributed by atoms with E-state index in [1.165, 1.54) is 0 Å². The maximum absolute atomic E-state index is 12.5. The highest BCUT2D eigenvalue weighted by atomic mass is 35.5. The molecule has 1 heterocycles. The molecule has 0 bridgehead atoms. The van der Waals surface area contributed by atoms with E-state index in [9.17, 15) is 9.90 Å². The number of piperazine rings is 1. The lowest BCUT2D eigenvalue weighted by atomic mass is 9.91. The SMILES string of the molecule is C=CC(=N/C=C\C)C(c1ccc(Cl)cc1C(=C)CO)N1CCN(C(=O)OC(C)(C)C)CC1. The zero-order valence-electron chi connectivity index (χ0n) is 19.5. The number of benzene rings is 1. The molecule has 1 N–H and O–H groups in total. The first-order valence-electron chi connectivity index (χ1n) is 10.7. The minimum Gasteiger partial charge on any atom is -0.444 e. The second-order valence-electron chi connectivity index (χ2n) is 8.64. The number of hydrogen-bond acceptors (Lipinski definition) is 5. The number of nitrogens with zero attached hydrogens (tertiary/aromatic N) is 3. The quantitative estimate of drug-likeness (QED) is 0.576. The van der Waals surface area contributed by atoms with Crippen molar-refractivity contribution in [2.45, 2.75) is 39.3 Å². The van der Waals surface area contributed by atoms with Crippen LogP contribution in [0.1, 0.15) is 44.9 Å². The Morgan fingerprint density at radius 3 is 2.50 bits per heavy atom. The van der Waals surface area contributed by atoms with Gasteiger partial charge >= 0.3 is 6.09 Å². The molecule has 0 aromatic heterocycles. The number of hydrogen-bond donors (Lipinski definition) is 1. The number of rotatable bonds is 7. The normalized spacial score (nSPS) is 16.8. The molecule has 174 valence electrons. The molecule has 1 unspecified atom stereocenters. The molecule has 1 aliphatic rings. The fourth-order valence-corrected chi connectivity index (χ4v) is 3.76. The van der Waals surface area contributed by atoms with E-state index in [0.717, 1.165) is 16.8 Å². The first kappa shape index (κ1) is 25.8. The monoisotopic (exact) mass is 459 g/mol. The van der Waals surface area contributed by atoms with Crippen LogP contribution in [0.2, 0.25) is 5.02 Å². The van der Waals surface area contributed by atoms with Crippen LogP contribution in [0.15, 0.2) is 54.7 Å². The Morgan fingerprint density at radius 1 is 1.31 bits per heavy atom. The molecule has 32 heavy (non-hydrogen) atoms. The molecule has 7 heteroatoms. The summed E-state index contributed by atoms with van der Waals surface area (Å²) >= 11 is 6.26. The van der Waals surface area contributed by atoms with E-state index in [-0.39, 0.29) is 18.7 Å². The van der Waals surface area contributed by atoms with E-state index >= 15 is 0 Å². The number of carbonyl (C=O) groups is 1. The van der Waals surface area contributed by atoms with Crippen molar-refractivity contribution in [3.8, 4) is 0 Å². The van der Waals surface area contributed by atoms with Gasteiger partial charge in [0.15, 0.2) is 0 Å². The van der Waals surface area contributed by atoms with Crippen molar-refractivity contribution in [2.24, 2.45) is 4.99 Å². The van der Waals surface area contributed by atoms with Crippen molar-refractivity contribution < 1.29 is 14.6 Å². The van der Waals surface area contributed by atoms with Gasteiger partial charge in [0.2, 0.25) is 0 Å². The van der Waals surface area contributed by atoms with Crippen molar-refractivity contribution in [3.63, 3.8) is 0 Å². The van der Waals surface area contributed by atoms with E-state index in [0.29, 0.717) is 36.8 Å². The zero-order valence-corrected chi connectivity index (χ0v) is 20.2. The molecule has 0 spiro atoms. The van der Waals surface area contributed by atoms with E-state index in [4.69, 9.17) is 16.3 Å². The molecule has 1 aromatic rings. The van der Waals surface area contributed by atoms with Crippen molar-refractivity contribution in [1.82, 2.24) is 9.80 Å². The molecule has 1 aliphatic heterocycles. The molecule has 6 nitrogen and oxygen atoms in total. The number of allylic oxidation sites excluding steroid dienone is 1. The van der Waals surface area contributed by atoms with Crippen LogP contribution in [-0.2, 0) is 4.74 Å². The van der Waals surface area contributed by atoms with Crippen LogP contribution >= 0.6 is 11.6 Å². The smallest absolute Gasteiger partial charge is 0.410 e. The Balaban J connectivity index is 2.40. The zero-order chi connectivity index (χ0) is 23.9. The minimum atomic E-state index is -0.533. The summed E-state index contributed by atoms with van der Waals surface area (Å²) in [6, 6.07) is 5.35. The first-order valence-corrected chi connectivity index (χ1v) is 11.1. The highest BCUT2D eigenvalue weighted by Crippen LogP contribution is 2.33. The molecule has 1 amide bonds. The molecule has 2 rings (SSSR count). The highest BCUT2D eigenvalue weighted by Gasteiger charge is 2.32. The van der Waals surface area contributed by atoms with Gasteiger partial charge in [-0.1, -0.05) is 36.9 Å². The van der Waals surface area contributed by atoms with Crippen LogP contribution < -0.4 is 0 Å². The molecule has 1 fully saturated rings. The predicted molar refractivity (Wildman–Crippen MR) is 132 cm³/mol. The lowest BCUT2D eigenvalue weighted by Crippen LogP contribution is -2.52. The van der Waals surface area contributed by atoms with Crippen LogP contribution in [0, 0.1) is 0 Å². The highest BCUT2D eigenvalue weighted by molar-refractivity contribution is 6.30. The third kappa shape index (κ3) is 6.79. The van der Waals surface area contributed by atoms with Gasteiger partial charge in [0.25, 0.3) is 0 Å². The summed E-state index contributed by atoms with van der Waals surface area (Å²) in [5, 5.41) is 10.3. The minimum absolute atomic E-state index is 0.179. The van der Waals surface area contributed by atoms with Crippen molar-refractivity contribution >= 4 is 29.0 Å². The first-order chi connectivity index (χ1) is 15.1. The van der Waals surface area contributed by atoms with Crippen molar-refractivity contribution in [2.75, 3.05) is 32.8 Å². The lowest BCUT2D eigenvalue weighted by Gasteiger charge is -2.40. The third-order valence-electron chi connectivity index (χ3n) is 5.07. The second kappa shape index (κ2) is 11.5. The summed E-state index contributed by atoms with van der Waals surface area (Å²) in [5.41, 5.74) is 2.53. The molecule has 0 aliphatic carbocycles. The summed E-state index contributed by atoms with van der Waals surface area (Å²) < 4.78 is 5.52. The van der Waals surface area contributed by atoms with E-state index in [2.05, 4.69) is 23.1 Å². The maximum Gasteiger partial charge on any atom is 0.410 e. The average Bonchev–Trinajstić information content (AvgIpc) is 2.75. The number of amides is 1. The van der Waals surface area contributed by atoms with Crippen molar-refractivity contribution in [3.05, 3.63) is 65.9 Å². The predicted octanol–water partition coefficient (Wildman–Crippen LogP) is 5.10. The average molecular weight is 460 g/mol. The summed E-state index contributed by atoms with van der Waals surface area (Å²) in [5.74, 6) is 0. The molecular formula is C25H34ClN3O3. The summed E-state index contributed by atoms with van der Waals surface area (Å²) in [4.78, 5) is 21.1. The van der Waals surface area contributed by atoms with Gasteiger partial charge in [-0.25, -0.2) is 4.79 Å². The van der Waals surface area contributed by atoms with Gasteiger partial charge in [-0.05, 0) is 62.6 Å². The van der Waals surface area contributed by atoms with Gasteiger partial charge < -0.3 is 14.7 Å². The number of halogens is 1. The molecular weight excluding hydrogens is 426 g/mol. The summed E-state index contributed by atoms with van der Waals surface area (Å²) in [6.45, 7) is 17.6. The van der Waals surface area contributed by atoms with Gasteiger partial charge in [0.1, 0.15) is 5.60 Å². The molecule has 1 saturated heterocycles. The summed E-state index contributed by atoms with van der Waals surface area (Å²) in [7, 11) is 0. The Kier molecular flexibility index (Phi) is 9.25. The number of carbonyl (C=O) groups excluding carboxylic acids is 1. The number of aliphatic hydroxyl groups excluding tert-OH is 1. The standard InChI is InChI=1S/C25H34ClN3O3/c1-7-11-27-22(8-2)23(20-10-9-19(26)16-21(20)18(3)17-30)28-12-14-29(15-13-28)24(31)32-25(4,5)6/h7-11,16,23,30H,2-3,12-15,17H2,1,4-6H3/b11-7-,27-22?. The fourth-order valence-electron chi connectivity index (χ4n) is 3.59. The van der Waals surface area contributed by atoms with Crippen LogP contribution in [0.4, 0.5) is 4.79 Å². The van der Waals surface area contributed by atoms with Gasteiger partial charge in [-0.2, -0.15) is 0 Å². The number of ether oxygens (including phenoxy) is 1. The lowest BCUT2D eigenvalue weighted by molar-refractivity contribution is 0.0129. The Bertz CT molecular complexity index is 894. The van der Waals surface area contributed by atoms with Crippen LogP contribution in [-0.4, -0.2) is 65.1 Å². The third-order valence-corrected chi connectivity index (χ3v) is 5.31. The Morgan fingerprint density at radius 2 is 1.97 bits per heavy atom. The molecule has 0 saturated carbocycles. The van der Waals surface area contributed by atoms with Crippen molar-refractivity contribution in [1.29, 1.82) is 0 Å². The fraction of sp³-hybridized carbons (Fsp3) is 0.440.